The first-order valence-electron chi connectivity index (χ1n) is 13.3. The molecule has 1 amide bonds. The summed E-state index contributed by atoms with van der Waals surface area (Å²) in [4.78, 5) is 29.0. The molecule has 1 heterocycles. The van der Waals surface area contributed by atoms with Crippen LogP contribution in [0.25, 0.3) is 0 Å². The zero-order valence-electron chi connectivity index (χ0n) is 23.3. The van der Waals surface area contributed by atoms with Crippen molar-refractivity contribution in [3.05, 3.63) is 95.1 Å². The third kappa shape index (κ3) is 6.79. The number of carbonyl (C=O) groups excluding carboxylic acids is 2. The van der Waals surface area contributed by atoms with Gasteiger partial charge in [0, 0.05) is 18.5 Å². The monoisotopic (exact) mass is 531 g/mol. The predicted molar refractivity (Wildman–Crippen MR) is 148 cm³/mol. The van der Waals surface area contributed by atoms with Gasteiger partial charge in [-0.2, -0.15) is 0 Å². The second-order valence-electron chi connectivity index (χ2n) is 10.5. The van der Waals surface area contributed by atoms with Gasteiger partial charge < -0.3 is 23.8 Å². The molecular weight excluding hydrogens is 494 g/mol. The summed E-state index contributed by atoms with van der Waals surface area (Å²) in [6.07, 6.45) is -0.644. The van der Waals surface area contributed by atoms with Crippen molar-refractivity contribution in [1.82, 2.24) is 4.90 Å². The van der Waals surface area contributed by atoms with E-state index in [4.69, 9.17) is 18.9 Å². The molecule has 1 aliphatic rings. The van der Waals surface area contributed by atoms with Gasteiger partial charge in [0.1, 0.15) is 12.6 Å². The number of methoxy groups -OCH3 is 1. The van der Waals surface area contributed by atoms with Gasteiger partial charge in [0.05, 0.1) is 19.3 Å². The minimum absolute atomic E-state index is 0.209. The lowest BCUT2D eigenvalue weighted by Crippen LogP contribution is -2.51. The van der Waals surface area contributed by atoms with Crippen molar-refractivity contribution in [2.45, 2.75) is 65.0 Å². The van der Waals surface area contributed by atoms with Crippen molar-refractivity contribution >= 4 is 11.9 Å². The highest BCUT2D eigenvalue weighted by molar-refractivity contribution is 5.89. The Morgan fingerprint density at radius 1 is 0.974 bits per heavy atom. The highest BCUT2D eigenvalue weighted by Crippen LogP contribution is 2.40. The summed E-state index contributed by atoms with van der Waals surface area (Å²) in [5.74, 6) is 0.398. The molecule has 1 aliphatic heterocycles. The summed E-state index contributed by atoms with van der Waals surface area (Å²) in [6, 6.07) is 22.1. The van der Waals surface area contributed by atoms with Gasteiger partial charge in [-0.3, -0.25) is 4.79 Å². The number of ether oxygens (including phenoxy) is 4. The molecule has 0 N–H and O–H groups in total. The fraction of sp³-hybridized carbons (Fsp3) is 0.375. The number of esters is 1. The summed E-state index contributed by atoms with van der Waals surface area (Å²) in [5, 5.41) is 0. The topological polar surface area (TPSA) is 74.3 Å². The molecule has 0 spiro atoms. The van der Waals surface area contributed by atoms with Crippen molar-refractivity contribution < 1.29 is 28.5 Å². The molecule has 0 aliphatic carbocycles. The molecule has 206 valence electrons. The molecular formula is C32H37NO6. The predicted octanol–water partition coefficient (Wildman–Crippen LogP) is 5.65. The van der Waals surface area contributed by atoms with Crippen molar-refractivity contribution in [1.29, 1.82) is 0 Å². The van der Waals surface area contributed by atoms with Crippen LogP contribution in [0.3, 0.4) is 0 Å². The lowest BCUT2D eigenvalue weighted by atomic mass is 9.91. The van der Waals surface area contributed by atoms with Gasteiger partial charge in [0.2, 0.25) is 0 Å². The van der Waals surface area contributed by atoms with E-state index in [1.165, 1.54) is 0 Å². The highest BCUT2D eigenvalue weighted by atomic mass is 16.5. The molecule has 0 fully saturated rings. The molecule has 7 heteroatoms. The Kier molecular flexibility index (Phi) is 8.92. The molecule has 0 bridgehead atoms. The maximum atomic E-state index is 14.2. The van der Waals surface area contributed by atoms with Crippen LogP contribution < -0.4 is 9.47 Å². The van der Waals surface area contributed by atoms with E-state index < -0.39 is 23.7 Å². The van der Waals surface area contributed by atoms with Crippen LogP contribution in [-0.4, -0.2) is 42.1 Å². The lowest BCUT2D eigenvalue weighted by Gasteiger charge is -2.39. The Bertz CT molecular complexity index is 1270. The SMILES string of the molecule is CCOC(=O)[C@@H]1Cc2c(ccc(OC)c2OCc2ccccc2)CN1C(=O)[C@@H](OC(C)(C)C)c1ccccc1. The summed E-state index contributed by atoms with van der Waals surface area (Å²) in [7, 11) is 1.59. The fourth-order valence-corrected chi connectivity index (χ4v) is 4.74. The van der Waals surface area contributed by atoms with Crippen LogP contribution >= 0.6 is 0 Å². The molecule has 3 aromatic rings. The molecule has 7 nitrogen and oxygen atoms in total. The number of amides is 1. The van der Waals surface area contributed by atoms with E-state index in [0.717, 1.165) is 22.3 Å². The minimum atomic E-state index is -0.878. The largest absolute Gasteiger partial charge is 0.493 e. The van der Waals surface area contributed by atoms with Crippen LogP contribution in [-0.2, 0) is 38.6 Å². The van der Waals surface area contributed by atoms with Crippen LogP contribution in [0, 0.1) is 0 Å². The molecule has 0 radical (unpaired) electrons. The normalized spacial score (nSPS) is 15.7. The Morgan fingerprint density at radius 2 is 1.64 bits per heavy atom. The number of benzene rings is 3. The highest BCUT2D eigenvalue weighted by Gasteiger charge is 2.41. The third-order valence-electron chi connectivity index (χ3n) is 6.52. The molecule has 3 aromatic carbocycles. The molecule has 0 aromatic heterocycles. The van der Waals surface area contributed by atoms with Crippen LogP contribution in [0.4, 0.5) is 0 Å². The van der Waals surface area contributed by atoms with Crippen molar-refractivity contribution in [2.24, 2.45) is 0 Å². The first kappa shape index (κ1) is 28.2. The van der Waals surface area contributed by atoms with Crippen molar-refractivity contribution in [2.75, 3.05) is 13.7 Å². The zero-order valence-corrected chi connectivity index (χ0v) is 23.3. The van der Waals surface area contributed by atoms with Gasteiger partial charge in [0.25, 0.3) is 5.91 Å². The minimum Gasteiger partial charge on any atom is -0.493 e. The van der Waals surface area contributed by atoms with E-state index in [0.29, 0.717) is 18.1 Å². The Labute approximate surface area is 230 Å². The van der Waals surface area contributed by atoms with Crippen LogP contribution in [0.1, 0.15) is 56.1 Å². The van der Waals surface area contributed by atoms with Gasteiger partial charge in [-0.15, -0.1) is 0 Å². The number of hydrogen-bond acceptors (Lipinski definition) is 6. The van der Waals surface area contributed by atoms with Gasteiger partial charge in [-0.05, 0) is 50.5 Å². The smallest absolute Gasteiger partial charge is 0.329 e. The summed E-state index contributed by atoms with van der Waals surface area (Å²) in [6.45, 7) is 8.25. The van der Waals surface area contributed by atoms with Gasteiger partial charge in [0.15, 0.2) is 17.6 Å². The molecule has 0 unspecified atom stereocenters. The number of fused-ring (bicyclic) bond motifs is 1. The Hall–Kier alpha value is -3.84. The van der Waals surface area contributed by atoms with Crippen LogP contribution in [0.2, 0.25) is 0 Å². The molecule has 39 heavy (non-hydrogen) atoms. The standard InChI is InChI=1S/C32H37NO6/c1-6-37-31(35)26-19-25-24(17-18-27(36-5)29(25)38-21-22-13-9-7-10-14-22)20-33(26)30(34)28(39-32(2,3)4)23-15-11-8-12-16-23/h7-18,26,28H,6,19-21H2,1-5H3/t26-,28-/m0/s1. The first-order valence-corrected chi connectivity index (χ1v) is 13.3. The number of rotatable bonds is 9. The van der Waals surface area contributed by atoms with Crippen molar-refractivity contribution in [3.8, 4) is 11.5 Å². The van der Waals surface area contributed by atoms with Gasteiger partial charge in [-0.25, -0.2) is 4.79 Å². The maximum Gasteiger partial charge on any atom is 0.329 e. The van der Waals surface area contributed by atoms with E-state index in [2.05, 4.69) is 0 Å². The fourth-order valence-electron chi connectivity index (χ4n) is 4.74. The van der Waals surface area contributed by atoms with Crippen LogP contribution in [0.15, 0.2) is 72.8 Å². The third-order valence-corrected chi connectivity index (χ3v) is 6.52. The van der Waals surface area contributed by atoms with E-state index in [1.807, 2.05) is 93.6 Å². The number of nitrogens with zero attached hydrogens (tertiary/aromatic N) is 1. The Morgan fingerprint density at radius 3 is 2.26 bits per heavy atom. The van der Waals surface area contributed by atoms with E-state index in [9.17, 15) is 9.59 Å². The van der Waals surface area contributed by atoms with Crippen molar-refractivity contribution in [3.63, 3.8) is 0 Å². The van der Waals surface area contributed by atoms with E-state index in [-0.39, 0.29) is 25.5 Å². The van der Waals surface area contributed by atoms with Gasteiger partial charge >= 0.3 is 5.97 Å². The maximum absolute atomic E-state index is 14.2. The molecule has 0 saturated heterocycles. The summed E-state index contributed by atoms with van der Waals surface area (Å²) >= 11 is 0. The summed E-state index contributed by atoms with van der Waals surface area (Å²) in [5.41, 5.74) is 2.87. The van der Waals surface area contributed by atoms with Crippen LogP contribution in [0.5, 0.6) is 11.5 Å². The second kappa shape index (κ2) is 12.3. The quantitative estimate of drug-likeness (QED) is 0.333. The molecule has 0 saturated carbocycles. The Balaban J connectivity index is 1.72. The van der Waals surface area contributed by atoms with Gasteiger partial charge in [-0.1, -0.05) is 66.7 Å². The molecule has 4 rings (SSSR count). The lowest BCUT2D eigenvalue weighted by molar-refractivity contribution is -0.166. The first-order chi connectivity index (χ1) is 18.7. The zero-order chi connectivity index (χ0) is 28.0. The number of carbonyl (C=O) groups is 2. The summed E-state index contributed by atoms with van der Waals surface area (Å²) < 4.78 is 23.6. The molecule has 2 atom stereocenters. The van der Waals surface area contributed by atoms with E-state index in [1.54, 1.807) is 18.9 Å². The average molecular weight is 532 g/mol. The average Bonchev–Trinajstić information content (AvgIpc) is 2.94. The van der Waals surface area contributed by atoms with E-state index >= 15 is 0 Å². The number of hydrogen-bond donors (Lipinski definition) is 0. The second-order valence-corrected chi connectivity index (χ2v) is 10.5.